The Bertz CT molecular complexity index is 561. The lowest BCUT2D eigenvalue weighted by atomic mass is 9.92. The molecule has 3 rings (SSSR count). The molecule has 118 valence electrons. The lowest BCUT2D eigenvalue weighted by Gasteiger charge is -2.36. The summed E-state index contributed by atoms with van der Waals surface area (Å²) in [7, 11) is 0. The van der Waals surface area contributed by atoms with Crippen LogP contribution in [0.4, 0.5) is 4.39 Å². The summed E-state index contributed by atoms with van der Waals surface area (Å²) in [6.45, 7) is 2.00. The van der Waals surface area contributed by atoms with Gasteiger partial charge in [0.2, 0.25) is 11.8 Å². The number of piperidine rings is 1. The number of carbonyl (C=O) groups is 2. The molecule has 1 aromatic rings. The number of likely N-dealkylation sites (tertiary alicyclic amines) is 1. The molecule has 0 unspecified atom stereocenters. The van der Waals surface area contributed by atoms with Crippen LogP contribution in [0.2, 0.25) is 0 Å². The van der Waals surface area contributed by atoms with Gasteiger partial charge in [-0.3, -0.25) is 9.59 Å². The van der Waals surface area contributed by atoms with Gasteiger partial charge >= 0.3 is 0 Å². The molecule has 0 spiro atoms. The van der Waals surface area contributed by atoms with Crippen LogP contribution in [-0.2, 0) is 20.7 Å². The Morgan fingerprint density at radius 2 is 2.14 bits per heavy atom. The highest BCUT2D eigenvalue weighted by Crippen LogP contribution is 2.23. The summed E-state index contributed by atoms with van der Waals surface area (Å²) in [4.78, 5) is 26.0. The van der Waals surface area contributed by atoms with Crippen molar-refractivity contribution in [1.82, 2.24) is 10.2 Å². The van der Waals surface area contributed by atoms with Crippen molar-refractivity contribution in [1.29, 1.82) is 0 Å². The summed E-state index contributed by atoms with van der Waals surface area (Å²) in [6.07, 6.45) is 0.628. The van der Waals surface area contributed by atoms with Crippen molar-refractivity contribution in [3.63, 3.8) is 0 Å². The number of nitrogens with zero attached hydrogens (tertiary/aromatic N) is 1. The van der Waals surface area contributed by atoms with E-state index in [1.165, 1.54) is 12.1 Å². The monoisotopic (exact) mass is 306 g/mol. The molecule has 0 aliphatic carbocycles. The van der Waals surface area contributed by atoms with Crippen LogP contribution in [0.25, 0.3) is 0 Å². The maximum Gasteiger partial charge on any atom is 0.227 e. The van der Waals surface area contributed by atoms with E-state index in [-0.39, 0.29) is 36.1 Å². The van der Waals surface area contributed by atoms with Crippen molar-refractivity contribution in [3.05, 3.63) is 35.6 Å². The molecule has 2 aliphatic heterocycles. The molecule has 1 aromatic carbocycles. The number of halogens is 1. The van der Waals surface area contributed by atoms with Gasteiger partial charge in [-0.25, -0.2) is 4.39 Å². The molecule has 0 bridgehead atoms. The quantitative estimate of drug-likeness (QED) is 0.876. The summed E-state index contributed by atoms with van der Waals surface area (Å²) in [5.74, 6) is -0.473. The Morgan fingerprint density at radius 1 is 1.36 bits per heavy atom. The molecular formula is C16H19FN2O3. The van der Waals surface area contributed by atoms with Crippen molar-refractivity contribution in [3.8, 4) is 0 Å². The zero-order chi connectivity index (χ0) is 15.5. The SMILES string of the molecule is O=C1NCCO[C@H]2CN(C(=O)Cc3ccc(F)cc3)CC[C@@H]12. The van der Waals surface area contributed by atoms with E-state index in [0.717, 1.165) is 5.56 Å². The van der Waals surface area contributed by atoms with Crippen LogP contribution >= 0.6 is 0 Å². The van der Waals surface area contributed by atoms with Crippen molar-refractivity contribution >= 4 is 11.8 Å². The standard InChI is InChI=1S/C16H19FN2O3/c17-12-3-1-11(2-4-12)9-15(20)19-7-5-13-14(10-19)22-8-6-18-16(13)21/h1-4,13-14H,5-10H2,(H,18,21)/t13-,14+/m1/s1. The smallest absolute Gasteiger partial charge is 0.227 e. The lowest BCUT2D eigenvalue weighted by molar-refractivity contribution is -0.141. The third kappa shape index (κ3) is 3.27. The highest BCUT2D eigenvalue weighted by Gasteiger charge is 2.37. The maximum absolute atomic E-state index is 12.9. The van der Waals surface area contributed by atoms with Crippen molar-refractivity contribution < 1.29 is 18.7 Å². The van der Waals surface area contributed by atoms with Crippen molar-refractivity contribution in [2.75, 3.05) is 26.2 Å². The lowest BCUT2D eigenvalue weighted by Crippen LogP contribution is -2.50. The van der Waals surface area contributed by atoms with Gasteiger partial charge in [0.1, 0.15) is 5.82 Å². The second-order valence-corrected chi connectivity index (χ2v) is 5.74. The van der Waals surface area contributed by atoms with E-state index in [9.17, 15) is 14.0 Å². The largest absolute Gasteiger partial charge is 0.374 e. The molecular weight excluding hydrogens is 287 g/mol. The Labute approximate surface area is 128 Å². The highest BCUT2D eigenvalue weighted by atomic mass is 19.1. The summed E-state index contributed by atoms with van der Waals surface area (Å²) in [5.41, 5.74) is 0.785. The number of benzene rings is 1. The van der Waals surface area contributed by atoms with E-state index < -0.39 is 0 Å². The van der Waals surface area contributed by atoms with Crippen LogP contribution in [-0.4, -0.2) is 49.1 Å². The molecule has 2 saturated heterocycles. The molecule has 22 heavy (non-hydrogen) atoms. The summed E-state index contributed by atoms with van der Waals surface area (Å²) >= 11 is 0. The fraction of sp³-hybridized carbons (Fsp3) is 0.500. The third-order valence-electron chi connectivity index (χ3n) is 4.25. The zero-order valence-corrected chi connectivity index (χ0v) is 12.3. The molecule has 2 atom stereocenters. The predicted molar refractivity (Wildman–Crippen MR) is 77.5 cm³/mol. The minimum atomic E-state index is -0.310. The first-order valence-corrected chi connectivity index (χ1v) is 7.55. The second-order valence-electron chi connectivity index (χ2n) is 5.74. The number of fused-ring (bicyclic) bond motifs is 1. The molecule has 0 aromatic heterocycles. The molecule has 2 aliphatic rings. The van der Waals surface area contributed by atoms with Gasteiger partial charge in [-0.1, -0.05) is 12.1 Å². The van der Waals surface area contributed by atoms with Crippen LogP contribution in [0.15, 0.2) is 24.3 Å². The molecule has 1 N–H and O–H groups in total. The van der Waals surface area contributed by atoms with E-state index in [2.05, 4.69) is 5.32 Å². The van der Waals surface area contributed by atoms with Gasteiger partial charge in [-0.05, 0) is 24.1 Å². The van der Waals surface area contributed by atoms with Crippen molar-refractivity contribution in [2.45, 2.75) is 18.9 Å². The Morgan fingerprint density at radius 3 is 2.91 bits per heavy atom. The van der Waals surface area contributed by atoms with Gasteiger partial charge in [0, 0.05) is 19.6 Å². The van der Waals surface area contributed by atoms with E-state index in [1.807, 2.05) is 0 Å². The van der Waals surface area contributed by atoms with Gasteiger partial charge < -0.3 is 15.0 Å². The highest BCUT2D eigenvalue weighted by molar-refractivity contribution is 5.81. The Kier molecular flexibility index (Phi) is 4.38. The number of ether oxygens (including phenoxy) is 1. The van der Waals surface area contributed by atoms with Crippen LogP contribution in [0, 0.1) is 11.7 Å². The van der Waals surface area contributed by atoms with Gasteiger partial charge in [0.25, 0.3) is 0 Å². The normalized spacial score (nSPS) is 25.1. The molecule has 0 saturated carbocycles. The van der Waals surface area contributed by atoms with Gasteiger partial charge in [0.15, 0.2) is 0 Å². The summed E-state index contributed by atoms with van der Waals surface area (Å²) in [5, 5.41) is 2.83. The fourth-order valence-electron chi connectivity index (χ4n) is 3.02. The second kappa shape index (κ2) is 6.44. The molecule has 2 fully saturated rings. The first-order valence-electron chi connectivity index (χ1n) is 7.55. The summed E-state index contributed by atoms with van der Waals surface area (Å²) < 4.78 is 18.6. The zero-order valence-electron chi connectivity index (χ0n) is 12.3. The first kappa shape index (κ1) is 15.0. The number of hydrogen-bond acceptors (Lipinski definition) is 3. The summed E-state index contributed by atoms with van der Waals surface area (Å²) in [6, 6.07) is 5.95. The van der Waals surface area contributed by atoms with E-state index in [0.29, 0.717) is 32.7 Å². The Balaban J connectivity index is 1.62. The van der Waals surface area contributed by atoms with Crippen LogP contribution in [0.1, 0.15) is 12.0 Å². The van der Waals surface area contributed by atoms with E-state index >= 15 is 0 Å². The molecule has 0 radical (unpaired) electrons. The topological polar surface area (TPSA) is 58.6 Å². The minimum absolute atomic E-state index is 0.0155. The number of carbonyl (C=O) groups excluding carboxylic acids is 2. The van der Waals surface area contributed by atoms with Crippen LogP contribution in [0.5, 0.6) is 0 Å². The van der Waals surface area contributed by atoms with Crippen LogP contribution < -0.4 is 5.32 Å². The molecule has 2 heterocycles. The van der Waals surface area contributed by atoms with E-state index in [4.69, 9.17) is 4.74 Å². The average Bonchev–Trinajstić information content (AvgIpc) is 2.71. The average molecular weight is 306 g/mol. The number of rotatable bonds is 2. The van der Waals surface area contributed by atoms with Crippen LogP contribution in [0.3, 0.4) is 0 Å². The molecule has 2 amide bonds. The van der Waals surface area contributed by atoms with E-state index in [1.54, 1.807) is 17.0 Å². The fourth-order valence-corrected chi connectivity index (χ4v) is 3.02. The first-order chi connectivity index (χ1) is 10.6. The van der Waals surface area contributed by atoms with Gasteiger partial charge in [-0.2, -0.15) is 0 Å². The maximum atomic E-state index is 12.9. The molecule has 5 nitrogen and oxygen atoms in total. The van der Waals surface area contributed by atoms with Gasteiger partial charge in [0.05, 0.1) is 25.0 Å². The third-order valence-corrected chi connectivity index (χ3v) is 4.25. The number of nitrogens with one attached hydrogen (secondary N) is 1. The molecule has 6 heteroatoms. The Hall–Kier alpha value is -1.95. The van der Waals surface area contributed by atoms with Crippen molar-refractivity contribution in [2.24, 2.45) is 5.92 Å². The van der Waals surface area contributed by atoms with Gasteiger partial charge in [-0.15, -0.1) is 0 Å². The number of amides is 2. The minimum Gasteiger partial charge on any atom is -0.374 e. The number of hydrogen-bond donors (Lipinski definition) is 1. The predicted octanol–water partition coefficient (Wildman–Crippen LogP) is 0.732.